The Balaban J connectivity index is 0.00000225. The van der Waals surface area contributed by atoms with Crippen LogP contribution < -0.4 is 10.6 Å². The molecule has 2 aliphatic heterocycles. The molecule has 0 atom stereocenters. The van der Waals surface area contributed by atoms with Crippen molar-refractivity contribution in [2.24, 2.45) is 0 Å². The lowest BCUT2D eigenvalue weighted by Crippen LogP contribution is -2.28. The molecular formula is C18H24ClN5O3S. The van der Waals surface area contributed by atoms with Gasteiger partial charge in [0.2, 0.25) is 10.0 Å². The van der Waals surface area contributed by atoms with E-state index in [-0.39, 0.29) is 18.3 Å². The number of hydrogen-bond acceptors (Lipinski definition) is 5. The molecule has 28 heavy (non-hydrogen) atoms. The minimum absolute atomic E-state index is 0. The van der Waals surface area contributed by atoms with Gasteiger partial charge in [-0.05, 0) is 30.5 Å². The fourth-order valence-corrected chi connectivity index (χ4v) is 5.05. The summed E-state index contributed by atoms with van der Waals surface area (Å²) in [6, 6.07) is 6.69. The molecule has 0 unspecified atom stereocenters. The number of carbonyl (C=O) groups is 1. The van der Waals surface area contributed by atoms with Crippen molar-refractivity contribution >= 4 is 28.3 Å². The van der Waals surface area contributed by atoms with Crippen molar-refractivity contribution in [3.05, 3.63) is 46.8 Å². The van der Waals surface area contributed by atoms with Gasteiger partial charge >= 0.3 is 0 Å². The first-order valence-corrected chi connectivity index (χ1v) is 10.6. The number of sulfonamides is 1. The molecule has 0 radical (unpaired) electrons. The van der Waals surface area contributed by atoms with Gasteiger partial charge in [-0.1, -0.05) is 12.1 Å². The Bertz CT molecular complexity index is 937. The lowest BCUT2D eigenvalue weighted by Gasteiger charge is -2.15. The highest BCUT2D eigenvalue weighted by Gasteiger charge is 2.27. The van der Waals surface area contributed by atoms with Crippen LogP contribution in [0.1, 0.15) is 40.2 Å². The maximum absolute atomic E-state index is 12.5. The molecule has 3 N–H and O–H groups in total. The smallest absolute Gasteiger partial charge is 0.272 e. The molecule has 1 aromatic heterocycles. The number of carbonyl (C=O) groups excluding carboxylic acids is 1. The van der Waals surface area contributed by atoms with E-state index in [4.69, 9.17) is 0 Å². The van der Waals surface area contributed by atoms with Gasteiger partial charge in [0, 0.05) is 50.4 Å². The lowest BCUT2D eigenvalue weighted by atomic mass is 10.1. The lowest BCUT2D eigenvalue weighted by molar-refractivity contribution is 0.0944. The van der Waals surface area contributed by atoms with Crippen molar-refractivity contribution in [1.29, 1.82) is 0 Å². The molecular weight excluding hydrogens is 402 g/mol. The molecule has 2 aliphatic rings. The van der Waals surface area contributed by atoms with E-state index in [0.717, 1.165) is 42.6 Å². The number of amides is 1. The monoisotopic (exact) mass is 425 g/mol. The third kappa shape index (κ3) is 4.07. The van der Waals surface area contributed by atoms with E-state index in [2.05, 4.69) is 20.8 Å². The largest absolute Gasteiger partial charge is 0.347 e. The van der Waals surface area contributed by atoms with E-state index in [9.17, 15) is 13.2 Å². The molecule has 0 spiro atoms. The van der Waals surface area contributed by atoms with Crippen LogP contribution in [-0.4, -0.2) is 48.5 Å². The molecule has 2 aromatic rings. The van der Waals surface area contributed by atoms with Crippen LogP contribution in [0.4, 0.5) is 0 Å². The number of fused-ring (bicyclic) bond motifs is 1. The number of aromatic nitrogens is 2. The van der Waals surface area contributed by atoms with Crippen LogP contribution in [0.3, 0.4) is 0 Å². The first kappa shape index (κ1) is 20.8. The van der Waals surface area contributed by atoms with E-state index in [0.29, 0.717) is 36.8 Å². The number of hydrogen-bond donors (Lipinski definition) is 3. The maximum atomic E-state index is 12.5. The zero-order valence-corrected chi connectivity index (χ0v) is 17.0. The predicted molar refractivity (Wildman–Crippen MR) is 107 cm³/mol. The Hall–Kier alpha value is -1.94. The van der Waals surface area contributed by atoms with E-state index in [1.807, 2.05) is 0 Å². The first-order valence-electron chi connectivity index (χ1n) is 9.20. The second-order valence-electron chi connectivity index (χ2n) is 6.89. The van der Waals surface area contributed by atoms with Gasteiger partial charge in [-0.3, -0.25) is 9.89 Å². The summed E-state index contributed by atoms with van der Waals surface area (Å²) in [5.74, 6) is -0.232. The second kappa shape index (κ2) is 8.60. The van der Waals surface area contributed by atoms with Gasteiger partial charge in [-0.2, -0.15) is 9.40 Å². The molecule has 10 heteroatoms. The average molecular weight is 426 g/mol. The first-order chi connectivity index (χ1) is 13.1. The van der Waals surface area contributed by atoms with E-state index in [1.54, 1.807) is 24.3 Å². The van der Waals surface area contributed by atoms with Crippen molar-refractivity contribution in [2.75, 3.05) is 19.6 Å². The highest BCUT2D eigenvalue weighted by atomic mass is 35.5. The standard InChI is InChI=1S/C18H23N5O3S.ClH/c24-18(17-15-12-19-8-7-16(15)21-22-17)20-11-13-3-5-14(6-4-13)27(25,26)23-9-1-2-10-23;/h3-6,19H,1-2,7-12H2,(H,20,24)(H,21,22);1H. The quantitative estimate of drug-likeness (QED) is 0.667. The van der Waals surface area contributed by atoms with Crippen molar-refractivity contribution < 1.29 is 13.2 Å². The van der Waals surface area contributed by atoms with E-state index in [1.165, 1.54) is 4.31 Å². The fourth-order valence-electron chi connectivity index (χ4n) is 3.54. The van der Waals surface area contributed by atoms with Crippen LogP contribution >= 0.6 is 12.4 Å². The Labute approximate surface area is 170 Å². The molecule has 4 rings (SSSR count). The molecule has 8 nitrogen and oxygen atoms in total. The van der Waals surface area contributed by atoms with Gasteiger partial charge in [0.05, 0.1) is 4.90 Å². The normalized spacial score (nSPS) is 17.0. The van der Waals surface area contributed by atoms with Gasteiger partial charge in [0.15, 0.2) is 5.69 Å². The van der Waals surface area contributed by atoms with E-state index < -0.39 is 10.0 Å². The Kier molecular flexibility index (Phi) is 6.39. The Morgan fingerprint density at radius 2 is 1.89 bits per heavy atom. The number of benzene rings is 1. The number of halogens is 1. The number of aromatic amines is 1. The molecule has 1 amide bonds. The topological polar surface area (TPSA) is 107 Å². The second-order valence-corrected chi connectivity index (χ2v) is 8.83. The fraction of sp³-hybridized carbons (Fsp3) is 0.444. The number of rotatable bonds is 5. The Morgan fingerprint density at radius 1 is 1.18 bits per heavy atom. The minimum atomic E-state index is -3.41. The third-order valence-corrected chi connectivity index (χ3v) is 7.01. The van der Waals surface area contributed by atoms with Gasteiger partial charge in [0.1, 0.15) is 0 Å². The number of nitrogens with one attached hydrogen (secondary N) is 3. The number of nitrogens with zero attached hydrogens (tertiary/aromatic N) is 2. The molecule has 0 saturated carbocycles. The molecule has 1 aromatic carbocycles. The summed E-state index contributed by atoms with van der Waals surface area (Å²) in [6.07, 6.45) is 2.66. The van der Waals surface area contributed by atoms with Crippen molar-refractivity contribution in [1.82, 2.24) is 25.1 Å². The summed E-state index contributed by atoms with van der Waals surface area (Å²) >= 11 is 0. The van der Waals surface area contributed by atoms with Crippen LogP contribution in [0.25, 0.3) is 0 Å². The highest BCUT2D eigenvalue weighted by molar-refractivity contribution is 7.89. The average Bonchev–Trinajstić information content (AvgIpc) is 3.36. The molecule has 152 valence electrons. The summed E-state index contributed by atoms with van der Waals surface area (Å²) in [6.45, 7) is 3.00. The summed E-state index contributed by atoms with van der Waals surface area (Å²) < 4.78 is 26.6. The van der Waals surface area contributed by atoms with Gasteiger partial charge < -0.3 is 10.6 Å². The maximum Gasteiger partial charge on any atom is 0.272 e. The van der Waals surface area contributed by atoms with Crippen LogP contribution in [0.15, 0.2) is 29.2 Å². The van der Waals surface area contributed by atoms with Crippen molar-refractivity contribution in [3.8, 4) is 0 Å². The molecule has 1 saturated heterocycles. The van der Waals surface area contributed by atoms with Gasteiger partial charge in [0.25, 0.3) is 5.91 Å². The van der Waals surface area contributed by atoms with Crippen molar-refractivity contribution in [3.63, 3.8) is 0 Å². The molecule has 3 heterocycles. The van der Waals surface area contributed by atoms with Gasteiger partial charge in [-0.15, -0.1) is 12.4 Å². The molecule has 0 aliphatic carbocycles. The summed E-state index contributed by atoms with van der Waals surface area (Å²) in [7, 11) is -3.41. The summed E-state index contributed by atoms with van der Waals surface area (Å²) in [5, 5.41) is 13.2. The van der Waals surface area contributed by atoms with Crippen molar-refractivity contribution in [2.45, 2.75) is 37.2 Å². The summed E-state index contributed by atoms with van der Waals surface area (Å²) in [5.41, 5.74) is 3.19. The zero-order valence-electron chi connectivity index (χ0n) is 15.4. The summed E-state index contributed by atoms with van der Waals surface area (Å²) in [4.78, 5) is 12.7. The highest BCUT2D eigenvalue weighted by Crippen LogP contribution is 2.21. The number of H-pyrrole nitrogens is 1. The molecule has 1 fully saturated rings. The minimum Gasteiger partial charge on any atom is -0.347 e. The van der Waals surface area contributed by atoms with Crippen LogP contribution in [0, 0.1) is 0 Å². The predicted octanol–water partition coefficient (Wildman–Crippen LogP) is 1.19. The van der Waals surface area contributed by atoms with Crippen LogP contribution in [-0.2, 0) is 29.5 Å². The zero-order chi connectivity index (χ0) is 18.9. The van der Waals surface area contributed by atoms with E-state index >= 15 is 0 Å². The molecule has 0 bridgehead atoms. The van der Waals surface area contributed by atoms with Crippen LogP contribution in [0.2, 0.25) is 0 Å². The van der Waals surface area contributed by atoms with Crippen LogP contribution in [0.5, 0.6) is 0 Å². The third-order valence-electron chi connectivity index (χ3n) is 5.10. The van der Waals surface area contributed by atoms with Gasteiger partial charge in [-0.25, -0.2) is 8.42 Å². The SMILES string of the molecule is Cl.O=C(NCc1ccc(S(=O)(=O)N2CCCC2)cc1)c1n[nH]c2c1CNCC2. The Morgan fingerprint density at radius 3 is 2.61 bits per heavy atom.